The summed E-state index contributed by atoms with van der Waals surface area (Å²) in [7, 11) is 0. The third-order valence-electron chi connectivity index (χ3n) is 8.22. The zero-order valence-corrected chi connectivity index (χ0v) is 20.5. The van der Waals surface area contributed by atoms with Crippen molar-refractivity contribution in [1.29, 1.82) is 5.41 Å². The highest BCUT2D eigenvalue weighted by atomic mass is 19.1. The zero-order valence-electron chi connectivity index (χ0n) is 20.5. The molecule has 2 heterocycles. The monoisotopic (exact) mass is 488 g/mol. The molecule has 1 amide bonds. The highest BCUT2D eigenvalue weighted by Gasteiger charge is 2.39. The predicted molar refractivity (Wildman–Crippen MR) is 134 cm³/mol. The van der Waals surface area contributed by atoms with Gasteiger partial charge in [-0.15, -0.1) is 0 Å². The highest BCUT2D eigenvalue weighted by molar-refractivity contribution is 5.96. The maximum atomic E-state index is 13.8. The summed E-state index contributed by atoms with van der Waals surface area (Å²) in [6.45, 7) is 0.448. The molecule has 0 unspecified atom stereocenters. The molecule has 1 atom stereocenters. The Hall–Kier alpha value is -3.22. The van der Waals surface area contributed by atoms with E-state index in [1.165, 1.54) is 11.8 Å². The summed E-state index contributed by atoms with van der Waals surface area (Å²) in [5, 5.41) is 11.4. The van der Waals surface area contributed by atoms with Gasteiger partial charge in [0.05, 0.1) is 6.54 Å². The number of alkyl halides is 1. The largest absolute Gasteiger partial charge is 0.432 e. The van der Waals surface area contributed by atoms with E-state index in [1.807, 2.05) is 24.4 Å². The molecule has 2 saturated carbocycles. The van der Waals surface area contributed by atoms with E-state index in [2.05, 4.69) is 16.4 Å². The summed E-state index contributed by atoms with van der Waals surface area (Å²) in [5.41, 5.74) is 6.23. The number of aromatic nitrogens is 2. The summed E-state index contributed by atoms with van der Waals surface area (Å²) >= 11 is 0. The van der Waals surface area contributed by atoms with Gasteiger partial charge in [0.1, 0.15) is 12.4 Å². The van der Waals surface area contributed by atoms with Crippen molar-refractivity contribution in [3.8, 4) is 11.1 Å². The Kier molecular flexibility index (Phi) is 6.23. The van der Waals surface area contributed by atoms with Gasteiger partial charge >= 0.3 is 0 Å². The number of halogens is 1. The van der Waals surface area contributed by atoms with Crippen LogP contribution in [0.2, 0.25) is 0 Å². The van der Waals surface area contributed by atoms with Gasteiger partial charge < -0.3 is 9.73 Å². The molecule has 6 rings (SSSR count). The minimum Gasteiger partial charge on any atom is -0.432 e. The highest BCUT2D eigenvalue weighted by Crippen LogP contribution is 2.41. The Morgan fingerprint density at radius 1 is 1.14 bits per heavy atom. The predicted octanol–water partition coefficient (Wildman–Crippen LogP) is 5.20. The van der Waals surface area contributed by atoms with Crippen molar-refractivity contribution >= 4 is 5.91 Å². The van der Waals surface area contributed by atoms with E-state index in [1.54, 1.807) is 10.8 Å². The Labute approximate surface area is 210 Å². The number of nitrogens with zero attached hydrogens (tertiary/aromatic N) is 2. The first-order chi connectivity index (χ1) is 17.5. The number of pyridine rings is 1. The quantitative estimate of drug-likeness (QED) is 0.480. The molecule has 3 aromatic rings. The van der Waals surface area contributed by atoms with Gasteiger partial charge in [-0.25, -0.2) is 4.39 Å². The lowest BCUT2D eigenvalue weighted by Crippen LogP contribution is -2.43. The number of oxazole rings is 1. The Balaban J connectivity index is 1.33. The van der Waals surface area contributed by atoms with Crippen molar-refractivity contribution < 1.29 is 13.6 Å². The standard InChI is InChI=1S/C29H33FN4O2/c30-23-8-6-20(7-9-23)27(19-4-5-19)33-28(35)22-15-18(17-34-12-13-36-29(34)31)14-21(16-22)24-10-11-32-26-3-1-2-25(24)26/h10-16,19-20,23,27,31H,1-9,17H2,(H,33,35)/t20?,23?,27-/m0/s1. The molecule has 2 aromatic heterocycles. The smallest absolute Gasteiger partial charge is 0.293 e. The molecule has 0 spiro atoms. The lowest BCUT2D eigenvalue weighted by molar-refractivity contribution is 0.0890. The Morgan fingerprint density at radius 3 is 2.64 bits per heavy atom. The van der Waals surface area contributed by atoms with Crippen LogP contribution in [0, 0.1) is 17.2 Å². The first kappa shape index (κ1) is 23.2. The van der Waals surface area contributed by atoms with Crippen LogP contribution in [0.25, 0.3) is 11.1 Å². The summed E-state index contributed by atoms with van der Waals surface area (Å²) in [5.74, 6) is 0.798. The number of amides is 1. The summed E-state index contributed by atoms with van der Waals surface area (Å²) in [4.78, 5) is 18.2. The van der Waals surface area contributed by atoms with Crippen LogP contribution in [-0.4, -0.2) is 27.7 Å². The van der Waals surface area contributed by atoms with Crippen molar-refractivity contribution in [2.24, 2.45) is 11.8 Å². The Morgan fingerprint density at radius 2 is 1.92 bits per heavy atom. The molecule has 3 aliphatic carbocycles. The minimum absolute atomic E-state index is 0.0636. The number of hydrogen-bond acceptors (Lipinski definition) is 4. The lowest BCUT2D eigenvalue weighted by atomic mass is 9.81. The van der Waals surface area contributed by atoms with Crippen molar-refractivity contribution in [2.75, 3.05) is 0 Å². The van der Waals surface area contributed by atoms with Gasteiger partial charge in [-0.05, 0) is 116 Å². The van der Waals surface area contributed by atoms with E-state index in [0.29, 0.717) is 36.8 Å². The molecule has 0 radical (unpaired) electrons. The van der Waals surface area contributed by atoms with Crippen LogP contribution < -0.4 is 11.0 Å². The van der Waals surface area contributed by atoms with Crippen molar-refractivity contribution in [2.45, 2.75) is 76.5 Å². The normalized spacial score (nSPS) is 22.2. The number of benzene rings is 1. The van der Waals surface area contributed by atoms with E-state index >= 15 is 0 Å². The Bertz CT molecular complexity index is 1320. The SMILES string of the molecule is N=c1occn1Cc1cc(C(=O)N[C@H](C2CCC(F)CC2)C2CC2)cc(-c2ccnc3c2CCC3)c1. The molecule has 3 aliphatic rings. The second-order valence-electron chi connectivity index (χ2n) is 10.7. The topological polar surface area (TPSA) is 83.9 Å². The molecular formula is C29H33FN4O2. The van der Waals surface area contributed by atoms with Crippen LogP contribution in [-0.2, 0) is 19.4 Å². The fourth-order valence-corrected chi connectivity index (χ4v) is 6.18. The molecule has 0 bridgehead atoms. The van der Waals surface area contributed by atoms with E-state index in [4.69, 9.17) is 9.83 Å². The van der Waals surface area contributed by atoms with Gasteiger partial charge in [-0.2, -0.15) is 0 Å². The van der Waals surface area contributed by atoms with Crippen LogP contribution in [0.5, 0.6) is 0 Å². The molecule has 1 aromatic carbocycles. The van der Waals surface area contributed by atoms with Crippen LogP contribution in [0.15, 0.2) is 47.3 Å². The first-order valence-electron chi connectivity index (χ1n) is 13.3. The number of carbonyl (C=O) groups excluding carboxylic acids is 1. The number of carbonyl (C=O) groups is 1. The molecule has 2 N–H and O–H groups in total. The van der Waals surface area contributed by atoms with Crippen molar-refractivity contribution in [3.05, 3.63) is 71.0 Å². The van der Waals surface area contributed by atoms with Crippen LogP contribution in [0.4, 0.5) is 4.39 Å². The summed E-state index contributed by atoms with van der Waals surface area (Å²) < 4.78 is 20.7. The van der Waals surface area contributed by atoms with E-state index < -0.39 is 6.17 Å². The first-order valence-corrected chi connectivity index (χ1v) is 13.3. The molecule has 6 nitrogen and oxygen atoms in total. The molecule has 188 valence electrons. The van der Waals surface area contributed by atoms with Crippen LogP contribution in [0.1, 0.15) is 72.1 Å². The fourth-order valence-electron chi connectivity index (χ4n) is 6.18. The molecule has 36 heavy (non-hydrogen) atoms. The maximum absolute atomic E-state index is 13.8. The number of aryl methyl sites for hydroxylation is 1. The van der Waals surface area contributed by atoms with Gasteiger partial charge in [-0.1, -0.05) is 0 Å². The third-order valence-corrected chi connectivity index (χ3v) is 8.22. The minimum atomic E-state index is -0.694. The van der Waals surface area contributed by atoms with Gasteiger partial charge in [0, 0.05) is 29.7 Å². The fraction of sp³-hybridized carbons (Fsp3) is 0.483. The second kappa shape index (κ2) is 9.68. The van der Waals surface area contributed by atoms with Gasteiger partial charge in [0.25, 0.3) is 11.6 Å². The number of rotatable bonds is 7. The third kappa shape index (κ3) is 4.75. The molecule has 0 saturated heterocycles. The molecule has 7 heteroatoms. The average molecular weight is 489 g/mol. The lowest BCUT2D eigenvalue weighted by Gasteiger charge is -2.32. The van der Waals surface area contributed by atoms with E-state index in [0.717, 1.165) is 67.3 Å². The molecule has 0 aliphatic heterocycles. The van der Waals surface area contributed by atoms with E-state index in [9.17, 15) is 9.18 Å². The van der Waals surface area contributed by atoms with Crippen molar-refractivity contribution in [1.82, 2.24) is 14.9 Å². The molecule has 2 fully saturated rings. The summed E-state index contributed by atoms with van der Waals surface area (Å²) in [6, 6.07) is 8.21. The van der Waals surface area contributed by atoms with Crippen molar-refractivity contribution in [3.63, 3.8) is 0 Å². The van der Waals surface area contributed by atoms with Crippen LogP contribution in [0.3, 0.4) is 0 Å². The number of hydrogen-bond donors (Lipinski definition) is 2. The van der Waals surface area contributed by atoms with Crippen LogP contribution >= 0.6 is 0 Å². The second-order valence-corrected chi connectivity index (χ2v) is 10.7. The zero-order chi connectivity index (χ0) is 24.6. The van der Waals surface area contributed by atoms with Gasteiger partial charge in [0.2, 0.25) is 0 Å². The average Bonchev–Trinajstić information content (AvgIpc) is 3.48. The number of fused-ring (bicyclic) bond motifs is 1. The number of nitrogens with one attached hydrogen (secondary N) is 2. The summed E-state index contributed by atoms with van der Waals surface area (Å²) in [6.07, 6.45) is 12.7. The molecular weight excluding hydrogens is 455 g/mol. The van der Waals surface area contributed by atoms with E-state index in [-0.39, 0.29) is 17.6 Å². The maximum Gasteiger partial charge on any atom is 0.293 e. The van der Waals surface area contributed by atoms with Gasteiger partial charge in [0.15, 0.2) is 0 Å². The van der Waals surface area contributed by atoms with Gasteiger partial charge in [-0.3, -0.25) is 19.8 Å².